The summed E-state index contributed by atoms with van der Waals surface area (Å²) < 4.78 is 5.46. The Hall–Kier alpha value is -3.51. The predicted molar refractivity (Wildman–Crippen MR) is 139 cm³/mol. The second-order valence-electron chi connectivity index (χ2n) is 8.61. The average Bonchev–Trinajstić information content (AvgIpc) is 2.89. The summed E-state index contributed by atoms with van der Waals surface area (Å²) in [7, 11) is 0. The number of carbonyl (C=O) groups is 2. The summed E-state index contributed by atoms with van der Waals surface area (Å²) in [4.78, 5) is 27.5. The summed E-state index contributed by atoms with van der Waals surface area (Å²) >= 11 is 6.03. The molecule has 1 saturated heterocycles. The van der Waals surface area contributed by atoms with Gasteiger partial charge in [-0.2, -0.15) is 0 Å². The molecule has 0 radical (unpaired) electrons. The fraction of sp³-hybridized carbons (Fsp3) is 0.286. The van der Waals surface area contributed by atoms with Crippen molar-refractivity contribution in [1.29, 1.82) is 0 Å². The Kier molecular flexibility index (Phi) is 8.27. The van der Waals surface area contributed by atoms with Crippen molar-refractivity contribution >= 4 is 29.2 Å². The van der Waals surface area contributed by atoms with Crippen molar-refractivity contribution in [2.45, 2.75) is 32.2 Å². The maximum Gasteiger partial charge on any atom is 0.321 e. The van der Waals surface area contributed by atoms with Gasteiger partial charge in [0.15, 0.2) is 0 Å². The van der Waals surface area contributed by atoms with E-state index in [0.717, 1.165) is 35.4 Å². The Balaban J connectivity index is 1.36. The van der Waals surface area contributed by atoms with Crippen LogP contribution in [-0.2, 0) is 6.54 Å². The first-order valence-corrected chi connectivity index (χ1v) is 12.3. The minimum atomic E-state index is -0.132. The van der Waals surface area contributed by atoms with Crippen molar-refractivity contribution < 1.29 is 14.3 Å². The number of rotatable bonds is 7. The third-order valence-electron chi connectivity index (χ3n) is 6.09. The quantitative estimate of drug-likeness (QED) is 0.420. The molecule has 1 fully saturated rings. The van der Waals surface area contributed by atoms with E-state index < -0.39 is 0 Å². The summed E-state index contributed by atoms with van der Waals surface area (Å²) in [5, 5.41) is 6.58. The van der Waals surface area contributed by atoms with E-state index in [4.69, 9.17) is 16.3 Å². The Morgan fingerprint density at radius 2 is 1.86 bits per heavy atom. The molecule has 2 N–H and O–H groups in total. The number of hydrogen-bond donors (Lipinski definition) is 2. The lowest BCUT2D eigenvalue weighted by atomic mass is 9.89. The summed E-state index contributed by atoms with van der Waals surface area (Å²) in [6.07, 6.45) is 1.88. The van der Waals surface area contributed by atoms with Gasteiger partial charge in [-0.05, 0) is 79.4 Å². The Morgan fingerprint density at radius 1 is 1.06 bits per heavy atom. The third kappa shape index (κ3) is 6.76. The van der Waals surface area contributed by atoms with Crippen LogP contribution in [0, 0.1) is 0 Å². The van der Waals surface area contributed by atoms with Crippen LogP contribution in [0.25, 0.3) is 0 Å². The number of anilines is 1. The standard InChI is InChI=1S/C28H30ClN3O3/c1-2-35-26-13-11-25(12-14-26)31-28(34)32-15-5-9-23(19-32)21-7-4-8-22(17-21)27(33)30-18-20-6-3-10-24(29)16-20/h3-4,6-8,10-14,16-17,23H,2,5,9,15,18-19H2,1H3,(H,30,33)(H,31,34)/t23-/m1/s1. The van der Waals surface area contributed by atoms with Gasteiger partial charge in [-0.1, -0.05) is 35.9 Å². The number of carbonyl (C=O) groups excluding carboxylic acids is 2. The zero-order valence-corrected chi connectivity index (χ0v) is 20.6. The first kappa shape index (κ1) is 24.6. The maximum atomic E-state index is 12.9. The van der Waals surface area contributed by atoms with Crippen molar-refractivity contribution in [3.63, 3.8) is 0 Å². The molecule has 1 atom stereocenters. The number of nitrogens with zero attached hydrogens (tertiary/aromatic N) is 1. The number of hydrogen-bond acceptors (Lipinski definition) is 3. The molecule has 0 spiro atoms. The summed E-state index contributed by atoms with van der Waals surface area (Å²) in [6.45, 7) is 4.26. The van der Waals surface area contributed by atoms with Gasteiger partial charge in [-0.3, -0.25) is 4.79 Å². The van der Waals surface area contributed by atoms with Crippen molar-refractivity contribution in [2.24, 2.45) is 0 Å². The minimum absolute atomic E-state index is 0.116. The first-order chi connectivity index (χ1) is 17.0. The van der Waals surface area contributed by atoms with Crippen LogP contribution in [0.15, 0.2) is 72.8 Å². The van der Waals surface area contributed by atoms with Crippen molar-refractivity contribution in [3.05, 3.63) is 94.5 Å². The Labute approximate surface area is 211 Å². The van der Waals surface area contributed by atoms with Gasteiger partial charge in [0.25, 0.3) is 5.91 Å². The highest BCUT2D eigenvalue weighted by Gasteiger charge is 2.25. The zero-order valence-electron chi connectivity index (χ0n) is 19.8. The maximum absolute atomic E-state index is 12.9. The van der Waals surface area contributed by atoms with E-state index >= 15 is 0 Å². The van der Waals surface area contributed by atoms with Crippen LogP contribution >= 0.6 is 11.6 Å². The molecule has 0 unspecified atom stereocenters. The monoisotopic (exact) mass is 491 g/mol. The third-order valence-corrected chi connectivity index (χ3v) is 6.32. The molecule has 3 aromatic rings. The molecule has 0 aromatic heterocycles. The van der Waals surface area contributed by atoms with Gasteiger partial charge >= 0.3 is 6.03 Å². The normalized spacial score (nSPS) is 15.4. The lowest BCUT2D eigenvalue weighted by Gasteiger charge is -2.33. The topological polar surface area (TPSA) is 70.7 Å². The molecular formula is C28H30ClN3O3. The molecule has 4 rings (SSSR count). The van der Waals surface area contributed by atoms with E-state index in [9.17, 15) is 9.59 Å². The lowest BCUT2D eigenvalue weighted by molar-refractivity contribution is 0.0950. The van der Waals surface area contributed by atoms with Crippen LogP contribution in [0.4, 0.5) is 10.5 Å². The van der Waals surface area contributed by atoms with Gasteiger partial charge in [0.05, 0.1) is 6.61 Å². The molecule has 182 valence electrons. The Bertz CT molecular complexity index is 1170. The average molecular weight is 492 g/mol. The molecule has 3 aromatic carbocycles. The number of urea groups is 1. The number of halogens is 1. The molecule has 1 aliphatic heterocycles. The van der Waals surface area contributed by atoms with Crippen molar-refractivity contribution in [3.8, 4) is 5.75 Å². The van der Waals surface area contributed by atoms with Crippen LogP contribution in [0.5, 0.6) is 5.75 Å². The highest BCUT2D eigenvalue weighted by molar-refractivity contribution is 6.30. The number of benzene rings is 3. The van der Waals surface area contributed by atoms with Crippen molar-refractivity contribution in [1.82, 2.24) is 10.2 Å². The Morgan fingerprint density at radius 3 is 2.63 bits per heavy atom. The second-order valence-corrected chi connectivity index (χ2v) is 9.05. The van der Waals surface area contributed by atoms with Crippen LogP contribution in [0.1, 0.15) is 47.2 Å². The smallest absolute Gasteiger partial charge is 0.321 e. The van der Waals surface area contributed by atoms with Crippen LogP contribution in [-0.4, -0.2) is 36.5 Å². The molecule has 1 aliphatic rings. The summed E-state index contributed by atoms with van der Waals surface area (Å²) in [5.41, 5.74) is 3.36. The van der Waals surface area contributed by atoms with E-state index in [1.165, 1.54) is 0 Å². The molecule has 0 saturated carbocycles. The zero-order chi connectivity index (χ0) is 24.6. The molecular weight excluding hydrogens is 462 g/mol. The van der Waals surface area contributed by atoms with Crippen molar-refractivity contribution in [2.75, 3.05) is 25.0 Å². The van der Waals surface area contributed by atoms with E-state index in [1.807, 2.05) is 84.6 Å². The molecule has 35 heavy (non-hydrogen) atoms. The molecule has 0 bridgehead atoms. The van der Waals surface area contributed by atoms with E-state index in [2.05, 4.69) is 10.6 Å². The minimum Gasteiger partial charge on any atom is -0.494 e. The van der Waals surface area contributed by atoms with Gasteiger partial charge in [0.1, 0.15) is 5.75 Å². The SMILES string of the molecule is CCOc1ccc(NC(=O)N2CCC[C@@H](c3cccc(C(=O)NCc4cccc(Cl)c4)c3)C2)cc1. The highest BCUT2D eigenvalue weighted by atomic mass is 35.5. The number of nitrogens with one attached hydrogen (secondary N) is 2. The number of piperidine rings is 1. The van der Waals surface area contributed by atoms with Gasteiger partial charge in [0, 0.05) is 41.8 Å². The molecule has 3 amide bonds. The largest absolute Gasteiger partial charge is 0.494 e. The van der Waals surface area contributed by atoms with E-state index in [1.54, 1.807) is 0 Å². The fourth-order valence-corrected chi connectivity index (χ4v) is 4.52. The van der Waals surface area contributed by atoms with Gasteiger partial charge < -0.3 is 20.3 Å². The second kappa shape index (κ2) is 11.8. The summed E-state index contributed by atoms with van der Waals surface area (Å²) in [6, 6.07) is 22.4. The molecule has 0 aliphatic carbocycles. The van der Waals surface area contributed by atoms with Crippen LogP contribution in [0.3, 0.4) is 0 Å². The van der Waals surface area contributed by atoms with E-state index in [0.29, 0.717) is 36.8 Å². The number of likely N-dealkylation sites (tertiary alicyclic amines) is 1. The van der Waals surface area contributed by atoms with Crippen LogP contribution < -0.4 is 15.4 Å². The lowest BCUT2D eigenvalue weighted by Crippen LogP contribution is -2.41. The van der Waals surface area contributed by atoms with Gasteiger partial charge in [-0.15, -0.1) is 0 Å². The predicted octanol–water partition coefficient (Wildman–Crippen LogP) is 6.08. The molecule has 6 nitrogen and oxygen atoms in total. The number of ether oxygens (including phenoxy) is 1. The van der Waals surface area contributed by atoms with E-state index in [-0.39, 0.29) is 17.9 Å². The molecule has 1 heterocycles. The molecule has 7 heteroatoms. The van der Waals surface area contributed by atoms with Crippen LogP contribution in [0.2, 0.25) is 5.02 Å². The van der Waals surface area contributed by atoms with Gasteiger partial charge in [-0.25, -0.2) is 4.79 Å². The number of amides is 3. The fourth-order valence-electron chi connectivity index (χ4n) is 4.30. The highest BCUT2D eigenvalue weighted by Crippen LogP contribution is 2.28. The first-order valence-electron chi connectivity index (χ1n) is 11.9. The summed E-state index contributed by atoms with van der Waals surface area (Å²) in [5.74, 6) is 0.822. The van der Waals surface area contributed by atoms with Gasteiger partial charge in [0.2, 0.25) is 0 Å².